The second-order valence-corrected chi connectivity index (χ2v) is 5.20. The number of rotatable bonds is 7. The van der Waals surface area contributed by atoms with E-state index in [1.807, 2.05) is 6.92 Å². The van der Waals surface area contributed by atoms with E-state index in [4.69, 9.17) is 0 Å². The number of phenols is 1. The highest BCUT2D eigenvalue weighted by atomic mass is 16.4. The van der Waals surface area contributed by atoms with Crippen LogP contribution in [0.25, 0.3) is 0 Å². The van der Waals surface area contributed by atoms with Crippen LogP contribution >= 0.6 is 0 Å². The first-order chi connectivity index (χ1) is 11.0. The van der Waals surface area contributed by atoms with E-state index in [1.165, 1.54) is 29.2 Å². The molecule has 7 nitrogen and oxygen atoms in total. The van der Waals surface area contributed by atoms with Crippen molar-refractivity contribution in [1.82, 2.24) is 9.55 Å². The fourth-order valence-corrected chi connectivity index (χ4v) is 2.16. The van der Waals surface area contributed by atoms with Gasteiger partial charge in [0, 0.05) is 11.9 Å². The van der Waals surface area contributed by atoms with Crippen molar-refractivity contribution in [2.24, 2.45) is 0 Å². The van der Waals surface area contributed by atoms with Gasteiger partial charge in [-0.05, 0) is 30.7 Å². The number of carboxylic acids is 1. The van der Waals surface area contributed by atoms with Gasteiger partial charge in [0.15, 0.2) is 0 Å². The van der Waals surface area contributed by atoms with Crippen molar-refractivity contribution in [2.75, 3.05) is 5.32 Å². The molecule has 122 valence electrons. The number of aromatic hydroxyl groups is 1. The van der Waals surface area contributed by atoms with Gasteiger partial charge in [-0.15, -0.1) is 0 Å². The quantitative estimate of drug-likeness (QED) is 0.681. The van der Waals surface area contributed by atoms with Crippen LogP contribution in [0.2, 0.25) is 0 Å². The van der Waals surface area contributed by atoms with Crippen LogP contribution in [0, 0.1) is 0 Å². The lowest BCUT2D eigenvalue weighted by atomic mass is 10.1. The summed E-state index contributed by atoms with van der Waals surface area (Å²) in [6.07, 6.45) is 4.96. The molecule has 0 spiro atoms. The summed E-state index contributed by atoms with van der Waals surface area (Å²) in [6, 6.07) is 5.31. The smallest absolute Gasteiger partial charge is 0.326 e. The van der Waals surface area contributed by atoms with Crippen LogP contribution in [0.4, 0.5) is 5.69 Å². The zero-order chi connectivity index (χ0) is 16.8. The number of carbonyl (C=O) groups is 2. The normalized spacial score (nSPS) is 11.9. The van der Waals surface area contributed by atoms with Gasteiger partial charge in [-0.3, -0.25) is 4.79 Å². The lowest BCUT2D eigenvalue weighted by molar-refractivity contribution is -0.141. The molecular formula is C16H19N3O4. The molecule has 0 fully saturated rings. The van der Waals surface area contributed by atoms with Crippen molar-refractivity contribution < 1.29 is 19.8 Å². The molecule has 0 saturated carbocycles. The fourth-order valence-electron chi connectivity index (χ4n) is 2.16. The topological polar surface area (TPSA) is 104 Å². The predicted octanol–water partition coefficient (Wildman–Crippen LogP) is 2.66. The Morgan fingerprint density at radius 2 is 2.00 bits per heavy atom. The summed E-state index contributed by atoms with van der Waals surface area (Å²) in [4.78, 5) is 27.4. The van der Waals surface area contributed by atoms with Crippen molar-refractivity contribution >= 4 is 17.6 Å². The van der Waals surface area contributed by atoms with E-state index in [9.17, 15) is 19.8 Å². The number of nitrogens with one attached hydrogen (secondary N) is 1. The number of nitrogens with zero attached hydrogens (tertiary/aromatic N) is 2. The minimum absolute atomic E-state index is 0.104. The Hall–Kier alpha value is -2.83. The molecule has 1 unspecified atom stereocenters. The van der Waals surface area contributed by atoms with Crippen LogP contribution in [-0.2, 0) is 4.79 Å². The lowest BCUT2D eigenvalue weighted by Gasteiger charge is -2.12. The van der Waals surface area contributed by atoms with Crippen LogP contribution in [0.1, 0.15) is 42.7 Å². The molecule has 1 amide bonds. The number of amides is 1. The Bertz CT molecular complexity index is 679. The maximum Gasteiger partial charge on any atom is 0.326 e. The minimum atomic E-state index is -0.943. The Kier molecular flexibility index (Phi) is 5.35. The number of aliphatic carboxylic acids is 1. The molecule has 0 aliphatic carbocycles. The van der Waals surface area contributed by atoms with Crippen molar-refractivity contribution in [2.45, 2.75) is 32.2 Å². The summed E-state index contributed by atoms with van der Waals surface area (Å²) in [5.74, 6) is -1.28. The molecule has 0 aliphatic heterocycles. The van der Waals surface area contributed by atoms with E-state index < -0.39 is 17.9 Å². The van der Waals surface area contributed by atoms with Crippen LogP contribution in [0.5, 0.6) is 5.75 Å². The van der Waals surface area contributed by atoms with Gasteiger partial charge in [0.25, 0.3) is 5.91 Å². The van der Waals surface area contributed by atoms with E-state index in [0.717, 1.165) is 12.8 Å². The number of unbranched alkanes of at least 4 members (excludes halogenated alkanes) is 1. The molecule has 1 atom stereocenters. The zero-order valence-electron chi connectivity index (χ0n) is 12.8. The molecule has 2 aromatic rings. The Labute approximate surface area is 133 Å². The SMILES string of the molecule is CCCCC(C(=O)O)n1cnc(C(=O)Nc2ccc(O)cc2)c1. The number of phenolic OH excluding ortho intramolecular Hbond substituents is 1. The predicted molar refractivity (Wildman–Crippen MR) is 84.5 cm³/mol. The van der Waals surface area contributed by atoms with Gasteiger partial charge in [-0.2, -0.15) is 0 Å². The van der Waals surface area contributed by atoms with Crippen LogP contribution in [0.15, 0.2) is 36.8 Å². The van der Waals surface area contributed by atoms with Gasteiger partial charge >= 0.3 is 5.97 Å². The molecule has 1 aromatic carbocycles. The van der Waals surface area contributed by atoms with Crippen molar-refractivity contribution in [3.8, 4) is 5.75 Å². The highest BCUT2D eigenvalue weighted by Crippen LogP contribution is 2.18. The molecule has 0 bridgehead atoms. The largest absolute Gasteiger partial charge is 0.508 e. The third kappa shape index (κ3) is 4.32. The molecular weight excluding hydrogens is 298 g/mol. The number of hydrogen-bond acceptors (Lipinski definition) is 4. The van der Waals surface area contributed by atoms with Crippen LogP contribution < -0.4 is 5.32 Å². The summed E-state index contributed by atoms with van der Waals surface area (Å²) in [5.41, 5.74) is 0.656. The van der Waals surface area contributed by atoms with Gasteiger partial charge in [-0.1, -0.05) is 19.8 Å². The summed E-state index contributed by atoms with van der Waals surface area (Å²) in [5, 5.41) is 21.1. The van der Waals surface area contributed by atoms with Crippen molar-refractivity contribution in [3.05, 3.63) is 42.5 Å². The van der Waals surface area contributed by atoms with E-state index in [2.05, 4.69) is 10.3 Å². The third-order valence-corrected chi connectivity index (χ3v) is 3.44. The average Bonchev–Trinajstić information content (AvgIpc) is 2.99. The summed E-state index contributed by atoms with van der Waals surface area (Å²) < 4.78 is 1.45. The third-order valence-electron chi connectivity index (χ3n) is 3.44. The fraction of sp³-hybridized carbons (Fsp3) is 0.312. The van der Waals surface area contributed by atoms with E-state index in [-0.39, 0.29) is 11.4 Å². The van der Waals surface area contributed by atoms with E-state index in [1.54, 1.807) is 12.1 Å². The van der Waals surface area contributed by atoms with Gasteiger partial charge in [0.2, 0.25) is 0 Å². The molecule has 2 rings (SSSR count). The molecule has 3 N–H and O–H groups in total. The molecule has 23 heavy (non-hydrogen) atoms. The number of aromatic nitrogens is 2. The highest BCUT2D eigenvalue weighted by molar-refractivity contribution is 6.02. The molecule has 0 aliphatic rings. The molecule has 1 heterocycles. The molecule has 7 heteroatoms. The Balaban J connectivity index is 2.09. The second kappa shape index (κ2) is 7.44. The first kappa shape index (κ1) is 16.5. The second-order valence-electron chi connectivity index (χ2n) is 5.20. The van der Waals surface area contributed by atoms with E-state index >= 15 is 0 Å². The van der Waals surface area contributed by atoms with Crippen LogP contribution in [0.3, 0.4) is 0 Å². The highest BCUT2D eigenvalue weighted by Gasteiger charge is 2.20. The maximum atomic E-state index is 12.1. The number of imidazole rings is 1. The monoisotopic (exact) mass is 317 g/mol. The molecule has 1 aromatic heterocycles. The van der Waals surface area contributed by atoms with Gasteiger partial charge in [0.05, 0.1) is 6.33 Å². The van der Waals surface area contributed by atoms with Gasteiger partial charge in [0.1, 0.15) is 17.5 Å². The van der Waals surface area contributed by atoms with E-state index in [0.29, 0.717) is 12.1 Å². The Morgan fingerprint density at radius 3 is 2.61 bits per heavy atom. The van der Waals surface area contributed by atoms with Crippen molar-refractivity contribution in [1.29, 1.82) is 0 Å². The number of carboxylic acid groups (broad SMARTS) is 1. The zero-order valence-corrected chi connectivity index (χ0v) is 12.8. The Morgan fingerprint density at radius 1 is 1.30 bits per heavy atom. The maximum absolute atomic E-state index is 12.1. The summed E-state index contributed by atoms with van der Waals surface area (Å²) >= 11 is 0. The van der Waals surface area contributed by atoms with Crippen LogP contribution in [-0.4, -0.2) is 31.6 Å². The minimum Gasteiger partial charge on any atom is -0.508 e. The standard InChI is InChI=1S/C16H19N3O4/c1-2-3-4-14(16(22)23)19-9-13(17-10-19)15(21)18-11-5-7-12(20)8-6-11/h5-10,14,20H,2-4H2,1H3,(H,18,21)(H,22,23). The van der Waals surface area contributed by atoms with Gasteiger partial charge < -0.3 is 20.1 Å². The molecule has 0 radical (unpaired) electrons. The van der Waals surface area contributed by atoms with Crippen molar-refractivity contribution in [3.63, 3.8) is 0 Å². The first-order valence-electron chi connectivity index (χ1n) is 7.38. The van der Waals surface area contributed by atoms with Gasteiger partial charge in [-0.25, -0.2) is 9.78 Å². The number of hydrogen-bond donors (Lipinski definition) is 3. The summed E-state index contributed by atoms with van der Waals surface area (Å²) in [6.45, 7) is 1.99. The molecule has 0 saturated heterocycles. The number of carbonyl (C=O) groups excluding carboxylic acids is 1. The number of benzene rings is 1. The number of anilines is 1. The average molecular weight is 317 g/mol. The summed E-state index contributed by atoms with van der Waals surface area (Å²) in [7, 11) is 0. The lowest BCUT2D eigenvalue weighted by Crippen LogP contribution is -2.18. The first-order valence-corrected chi connectivity index (χ1v) is 7.38.